The third-order valence-electron chi connectivity index (χ3n) is 12.8. The van der Waals surface area contributed by atoms with Gasteiger partial charge < -0.3 is 4.42 Å². The highest BCUT2D eigenvalue weighted by Gasteiger charge is 2.40. The zero-order valence-electron chi connectivity index (χ0n) is 33.5. The van der Waals surface area contributed by atoms with Crippen molar-refractivity contribution in [2.75, 3.05) is 0 Å². The molecule has 0 amide bonds. The maximum absolute atomic E-state index is 6.50. The minimum atomic E-state index is -0.239. The van der Waals surface area contributed by atoms with Crippen molar-refractivity contribution >= 4 is 32.7 Å². The maximum Gasteiger partial charge on any atom is 0.160 e. The lowest BCUT2D eigenvalue weighted by atomic mass is 9.74. The molecule has 0 saturated carbocycles. The highest BCUT2D eigenvalue weighted by atomic mass is 16.3. The summed E-state index contributed by atoms with van der Waals surface area (Å²) in [7, 11) is 0. The number of rotatable bonds is 6. The molecule has 1 atom stereocenters. The number of hydrogen-bond donors (Lipinski definition) is 0. The number of fused-ring (bicyclic) bond motifs is 7. The number of hydrogen-bond acceptors (Lipinski definition) is 3. The molecule has 1 unspecified atom stereocenters. The van der Waals surface area contributed by atoms with E-state index in [4.69, 9.17) is 14.4 Å². The molecule has 0 radical (unpaired) electrons. The fourth-order valence-corrected chi connectivity index (χ4v) is 9.76. The van der Waals surface area contributed by atoms with Crippen LogP contribution in [0.25, 0.3) is 100.0 Å². The van der Waals surface area contributed by atoms with Crippen LogP contribution in [0.1, 0.15) is 23.6 Å². The summed E-state index contributed by atoms with van der Waals surface area (Å²) in [4.78, 5) is 10.4. The van der Waals surface area contributed by atoms with Crippen molar-refractivity contribution in [3.63, 3.8) is 0 Å². The lowest BCUT2D eigenvalue weighted by molar-refractivity contribution is 0.670. The third kappa shape index (κ3) is 5.58. The lowest BCUT2D eigenvalue weighted by Crippen LogP contribution is -2.22. The van der Waals surface area contributed by atoms with Gasteiger partial charge in [0.15, 0.2) is 5.82 Å². The smallest absolute Gasteiger partial charge is 0.160 e. The average molecular weight is 779 g/mol. The largest absolute Gasteiger partial charge is 0.455 e. The number of nitrogens with zero attached hydrogens (tertiary/aromatic N) is 2. The molecule has 2 aromatic heterocycles. The van der Waals surface area contributed by atoms with Crippen LogP contribution in [0, 0.1) is 0 Å². The van der Waals surface area contributed by atoms with Crippen LogP contribution < -0.4 is 0 Å². The lowest BCUT2D eigenvalue weighted by Gasteiger charge is -2.28. The van der Waals surface area contributed by atoms with Crippen molar-refractivity contribution in [1.82, 2.24) is 9.97 Å². The van der Waals surface area contributed by atoms with Gasteiger partial charge in [0.05, 0.1) is 11.4 Å². The van der Waals surface area contributed by atoms with Gasteiger partial charge >= 0.3 is 0 Å². The summed E-state index contributed by atoms with van der Waals surface area (Å²) in [6.45, 7) is 2.38. The Morgan fingerprint density at radius 2 is 0.918 bits per heavy atom. The fraction of sp³-hybridized carbons (Fsp3) is 0.0345. The normalized spacial score (nSPS) is 14.4. The Morgan fingerprint density at radius 3 is 1.72 bits per heavy atom. The first-order chi connectivity index (χ1) is 30.1. The average Bonchev–Trinajstić information content (AvgIpc) is 3.85. The van der Waals surface area contributed by atoms with Gasteiger partial charge in [-0.15, -0.1) is 0 Å². The molecule has 0 fully saturated rings. The highest BCUT2D eigenvalue weighted by molar-refractivity contribution is 6.10. The summed E-state index contributed by atoms with van der Waals surface area (Å²) >= 11 is 0. The van der Waals surface area contributed by atoms with Crippen LogP contribution in [0.15, 0.2) is 217 Å². The molecule has 1 aliphatic rings. The number of furan rings is 1. The van der Waals surface area contributed by atoms with Crippen LogP contribution >= 0.6 is 0 Å². The molecule has 0 spiro atoms. The molecule has 286 valence electrons. The van der Waals surface area contributed by atoms with Gasteiger partial charge in [-0.2, -0.15) is 0 Å². The van der Waals surface area contributed by atoms with Crippen LogP contribution in [0.3, 0.4) is 0 Å². The number of para-hydroxylation sites is 2. The Balaban J connectivity index is 0.950. The van der Waals surface area contributed by atoms with Gasteiger partial charge in [0, 0.05) is 32.9 Å². The predicted molar refractivity (Wildman–Crippen MR) is 251 cm³/mol. The molecule has 3 nitrogen and oxygen atoms in total. The van der Waals surface area contributed by atoms with Crippen molar-refractivity contribution in [1.29, 1.82) is 0 Å². The van der Waals surface area contributed by atoms with E-state index in [1.165, 1.54) is 55.5 Å². The first-order valence-corrected chi connectivity index (χ1v) is 20.9. The Labute approximate surface area is 354 Å². The zero-order chi connectivity index (χ0) is 40.5. The maximum atomic E-state index is 6.50. The summed E-state index contributed by atoms with van der Waals surface area (Å²) in [5.74, 6) is 0.671. The Morgan fingerprint density at radius 1 is 0.361 bits per heavy atom. The Hall–Kier alpha value is -7.88. The van der Waals surface area contributed by atoms with Gasteiger partial charge in [-0.25, -0.2) is 9.97 Å². The monoisotopic (exact) mass is 778 g/mol. The third-order valence-corrected chi connectivity index (χ3v) is 12.8. The van der Waals surface area contributed by atoms with Gasteiger partial charge in [0.25, 0.3) is 0 Å². The zero-order valence-corrected chi connectivity index (χ0v) is 33.5. The van der Waals surface area contributed by atoms with Gasteiger partial charge in [-0.1, -0.05) is 188 Å². The summed E-state index contributed by atoms with van der Waals surface area (Å²) < 4.78 is 6.50. The SMILES string of the molecule is CC1(c2ccccc2)c2ccccc2-c2ccc(-c3ccc(-c4ccc(-c5cc(-c6cccc7c6oc6ccccc67)nc(-c6ccccc6)n5)c5ccccc45)cc3)cc21. The second-order valence-corrected chi connectivity index (χ2v) is 16.2. The molecule has 3 heteroatoms. The van der Waals surface area contributed by atoms with E-state index in [1.807, 2.05) is 30.3 Å². The molecule has 0 aliphatic heterocycles. The summed E-state index contributed by atoms with van der Waals surface area (Å²) in [5.41, 5.74) is 17.5. The molecular formula is C58H38N2O. The van der Waals surface area contributed by atoms with Crippen molar-refractivity contribution in [3.8, 4) is 67.3 Å². The molecule has 2 heterocycles. The van der Waals surface area contributed by atoms with Crippen LogP contribution in [0.4, 0.5) is 0 Å². The van der Waals surface area contributed by atoms with Crippen molar-refractivity contribution in [2.24, 2.45) is 0 Å². The van der Waals surface area contributed by atoms with E-state index in [-0.39, 0.29) is 5.41 Å². The molecule has 0 bridgehead atoms. The van der Waals surface area contributed by atoms with E-state index in [1.54, 1.807) is 0 Å². The van der Waals surface area contributed by atoms with Crippen molar-refractivity contribution in [2.45, 2.75) is 12.3 Å². The minimum Gasteiger partial charge on any atom is -0.455 e. The topological polar surface area (TPSA) is 38.9 Å². The molecule has 1 aliphatic carbocycles. The predicted octanol–water partition coefficient (Wildman–Crippen LogP) is 15.2. The second-order valence-electron chi connectivity index (χ2n) is 16.2. The van der Waals surface area contributed by atoms with E-state index >= 15 is 0 Å². The quantitative estimate of drug-likeness (QED) is 0.169. The molecular weight excluding hydrogens is 741 g/mol. The van der Waals surface area contributed by atoms with Gasteiger partial charge in [-0.05, 0) is 92.0 Å². The molecule has 0 N–H and O–H groups in total. The summed E-state index contributed by atoms with van der Waals surface area (Å²) in [6, 6.07) is 75.8. The Bertz CT molecular complexity index is 3480. The van der Waals surface area contributed by atoms with E-state index in [9.17, 15) is 0 Å². The van der Waals surface area contributed by atoms with Gasteiger partial charge in [-0.3, -0.25) is 0 Å². The Kier molecular flexibility index (Phi) is 7.98. The van der Waals surface area contributed by atoms with E-state index in [0.717, 1.165) is 55.4 Å². The fourth-order valence-electron chi connectivity index (χ4n) is 9.76. The van der Waals surface area contributed by atoms with Crippen LogP contribution in [-0.4, -0.2) is 9.97 Å². The van der Waals surface area contributed by atoms with Crippen molar-refractivity contribution in [3.05, 3.63) is 229 Å². The second kappa shape index (κ2) is 13.9. The first kappa shape index (κ1) is 35.1. The molecule has 9 aromatic carbocycles. The van der Waals surface area contributed by atoms with Crippen LogP contribution in [0.5, 0.6) is 0 Å². The van der Waals surface area contributed by atoms with Crippen molar-refractivity contribution < 1.29 is 4.42 Å². The van der Waals surface area contributed by atoms with Gasteiger partial charge in [0.2, 0.25) is 0 Å². The van der Waals surface area contributed by atoms with E-state index < -0.39 is 0 Å². The first-order valence-electron chi connectivity index (χ1n) is 20.9. The number of aromatic nitrogens is 2. The molecule has 0 saturated heterocycles. The molecule has 12 rings (SSSR count). The molecule has 11 aromatic rings. The van der Waals surface area contributed by atoms with Crippen LogP contribution in [0.2, 0.25) is 0 Å². The minimum absolute atomic E-state index is 0.239. The van der Waals surface area contributed by atoms with Gasteiger partial charge in [0.1, 0.15) is 11.2 Å². The highest BCUT2D eigenvalue weighted by Crippen LogP contribution is 2.53. The summed E-state index contributed by atoms with van der Waals surface area (Å²) in [6.07, 6.45) is 0. The van der Waals surface area contributed by atoms with E-state index in [2.05, 4.69) is 189 Å². The standard InChI is InChI=1S/C58H38N2O/c1-58(41-17-6-3-7-18-41)51-25-12-10-21-45(51)46-32-31-40(35-52(46)58)37-27-29-38(30-28-37)42-33-34-47(44-20-9-8-19-43(42)44)53-36-54(60-57(59-53)39-15-4-2-5-16-39)50-24-14-23-49-48-22-11-13-26-55(48)61-56(49)50/h2-36H,1H3. The number of benzene rings is 9. The van der Waals surface area contributed by atoms with Crippen LogP contribution in [-0.2, 0) is 5.41 Å². The summed E-state index contributed by atoms with van der Waals surface area (Å²) in [5, 5.41) is 4.47. The van der Waals surface area contributed by atoms with E-state index in [0.29, 0.717) is 5.82 Å². The molecule has 61 heavy (non-hydrogen) atoms.